The molecule has 0 spiro atoms. The van der Waals surface area contributed by atoms with Crippen molar-refractivity contribution < 1.29 is 9.59 Å². The van der Waals surface area contributed by atoms with E-state index in [1.165, 1.54) is 11.3 Å². The maximum Gasteiger partial charge on any atom is 0.323 e. The van der Waals surface area contributed by atoms with Crippen molar-refractivity contribution in [2.45, 2.75) is 6.92 Å². The van der Waals surface area contributed by atoms with Crippen molar-refractivity contribution in [1.29, 1.82) is 0 Å². The van der Waals surface area contributed by atoms with Gasteiger partial charge in [0.1, 0.15) is 5.69 Å². The van der Waals surface area contributed by atoms with Crippen LogP contribution in [0.25, 0.3) is 27.6 Å². The zero-order valence-corrected chi connectivity index (χ0v) is 26.9. The molecule has 1 fully saturated rings. The first-order valence-corrected chi connectivity index (χ1v) is 16.3. The molecule has 0 radical (unpaired) electrons. The lowest BCUT2D eigenvalue weighted by molar-refractivity contribution is -0.129. The molecule has 6 aromatic rings. The first-order chi connectivity index (χ1) is 22.9. The van der Waals surface area contributed by atoms with Crippen molar-refractivity contribution in [3.8, 4) is 22.6 Å². The summed E-state index contributed by atoms with van der Waals surface area (Å²) < 4.78 is 2.01. The number of hydrogen-bond acceptors (Lipinski definition) is 8. The van der Waals surface area contributed by atoms with Crippen molar-refractivity contribution >= 4 is 68.5 Å². The fourth-order valence-corrected chi connectivity index (χ4v) is 6.44. The zero-order chi connectivity index (χ0) is 32.3. The Balaban J connectivity index is 1.11. The molecule has 0 atom stereocenters. The Morgan fingerprint density at radius 2 is 1.68 bits per heavy atom. The summed E-state index contributed by atoms with van der Waals surface area (Å²) in [7, 11) is 0. The molecule has 3 N–H and O–H groups in total. The molecule has 0 unspecified atom stereocenters. The van der Waals surface area contributed by atoms with Gasteiger partial charge in [-0.1, -0.05) is 35.9 Å². The molecule has 4 heterocycles. The van der Waals surface area contributed by atoms with Crippen LogP contribution >= 0.6 is 22.9 Å². The lowest BCUT2D eigenvalue weighted by Crippen LogP contribution is -2.48. The molecule has 3 aromatic carbocycles. The second-order valence-electron chi connectivity index (χ2n) is 10.9. The Morgan fingerprint density at radius 3 is 2.47 bits per heavy atom. The molecular weight excluding hydrogens is 634 g/mol. The maximum atomic E-state index is 12.8. The molecule has 7 rings (SSSR count). The molecule has 0 saturated carbocycles. The molecule has 3 amide bonds. The summed E-state index contributed by atoms with van der Waals surface area (Å²) in [6, 6.07) is 24.2. The highest BCUT2D eigenvalue weighted by atomic mass is 35.5. The largest absolute Gasteiger partial charge is 0.368 e. The predicted octanol–water partition coefficient (Wildman–Crippen LogP) is 7.23. The van der Waals surface area contributed by atoms with Crippen LogP contribution in [-0.4, -0.2) is 62.4 Å². The number of benzene rings is 3. The predicted molar refractivity (Wildman–Crippen MR) is 188 cm³/mol. The number of halogens is 1. The maximum absolute atomic E-state index is 12.8. The van der Waals surface area contributed by atoms with E-state index in [4.69, 9.17) is 21.6 Å². The Bertz CT molecular complexity index is 2070. The summed E-state index contributed by atoms with van der Waals surface area (Å²) >= 11 is 7.73. The van der Waals surface area contributed by atoms with Gasteiger partial charge in [0, 0.05) is 73.5 Å². The SMILES string of the molecule is CC(=O)N1CCN(c2ccc(Nc3nccc(-c4c(-c5cccc(NC(=O)Nc6ccccc6Cl)c5)nc5sccn45)n3)cc2)CC1. The number of amides is 3. The molecular formula is C34H30ClN9O2S. The van der Waals surface area contributed by atoms with Crippen LogP contribution in [0.3, 0.4) is 0 Å². The lowest BCUT2D eigenvalue weighted by atomic mass is 10.1. The van der Waals surface area contributed by atoms with Crippen molar-refractivity contribution in [3.05, 3.63) is 102 Å². The van der Waals surface area contributed by atoms with Crippen molar-refractivity contribution in [2.75, 3.05) is 47.0 Å². The van der Waals surface area contributed by atoms with E-state index in [-0.39, 0.29) is 5.91 Å². The van der Waals surface area contributed by atoms with Crippen molar-refractivity contribution in [3.63, 3.8) is 0 Å². The van der Waals surface area contributed by atoms with Gasteiger partial charge in [-0.05, 0) is 54.6 Å². The van der Waals surface area contributed by atoms with Crippen LogP contribution in [0.4, 0.5) is 33.5 Å². The Hall–Kier alpha value is -5.46. The normalized spacial score (nSPS) is 13.1. The van der Waals surface area contributed by atoms with E-state index in [9.17, 15) is 9.59 Å². The van der Waals surface area contributed by atoms with E-state index in [0.717, 1.165) is 59.5 Å². The summed E-state index contributed by atoms with van der Waals surface area (Å²) in [5, 5.41) is 11.4. The zero-order valence-electron chi connectivity index (χ0n) is 25.4. The minimum absolute atomic E-state index is 0.120. The molecule has 0 aliphatic carbocycles. The van der Waals surface area contributed by atoms with E-state index in [1.807, 2.05) is 63.3 Å². The molecule has 11 nitrogen and oxygen atoms in total. The third-order valence-electron chi connectivity index (χ3n) is 7.89. The smallest absolute Gasteiger partial charge is 0.323 e. The molecule has 13 heteroatoms. The number of piperazine rings is 1. The number of para-hydroxylation sites is 1. The van der Waals surface area contributed by atoms with Gasteiger partial charge in [-0.25, -0.2) is 19.7 Å². The number of urea groups is 1. The third-order valence-corrected chi connectivity index (χ3v) is 8.98. The van der Waals surface area contributed by atoms with E-state index < -0.39 is 6.03 Å². The topological polar surface area (TPSA) is 120 Å². The Labute approximate surface area is 279 Å². The van der Waals surface area contributed by atoms with Crippen molar-refractivity contribution in [2.24, 2.45) is 0 Å². The van der Waals surface area contributed by atoms with Gasteiger partial charge in [-0.2, -0.15) is 0 Å². The number of rotatable bonds is 7. The number of fused-ring (bicyclic) bond motifs is 1. The number of carbonyl (C=O) groups is 2. The summed E-state index contributed by atoms with van der Waals surface area (Å²) in [6.45, 7) is 4.67. The summed E-state index contributed by atoms with van der Waals surface area (Å²) in [6.07, 6.45) is 3.69. The van der Waals surface area contributed by atoms with Gasteiger partial charge in [0.15, 0.2) is 4.96 Å². The van der Waals surface area contributed by atoms with Crippen LogP contribution in [0.15, 0.2) is 96.6 Å². The van der Waals surface area contributed by atoms with E-state index >= 15 is 0 Å². The fourth-order valence-electron chi connectivity index (χ4n) is 5.54. The van der Waals surface area contributed by atoms with Crippen LogP contribution in [0.1, 0.15) is 6.92 Å². The molecule has 1 aliphatic heterocycles. The molecule has 47 heavy (non-hydrogen) atoms. The number of aromatic nitrogens is 4. The highest BCUT2D eigenvalue weighted by Crippen LogP contribution is 2.35. The Kier molecular flexibility index (Phi) is 8.42. The minimum atomic E-state index is -0.406. The van der Waals surface area contributed by atoms with Gasteiger partial charge in [0.25, 0.3) is 0 Å². The average Bonchev–Trinajstić information content (AvgIpc) is 3.69. The van der Waals surface area contributed by atoms with E-state index in [0.29, 0.717) is 28.0 Å². The highest BCUT2D eigenvalue weighted by Gasteiger charge is 2.20. The van der Waals surface area contributed by atoms with Crippen LogP contribution in [0.5, 0.6) is 0 Å². The average molecular weight is 664 g/mol. The van der Waals surface area contributed by atoms with E-state index in [2.05, 4.69) is 38.0 Å². The summed E-state index contributed by atoms with van der Waals surface area (Å²) in [5.74, 6) is 0.572. The molecule has 1 aliphatic rings. The molecule has 0 bridgehead atoms. The van der Waals surface area contributed by atoms with Crippen LogP contribution < -0.4 is 20.9 Å². The second kappa shape index (κ2) is 13.1. The van der Waals surface area contributed by atoms with Gasteiger partial charge < -0.3 is 25.8 Å². The first kappa shape index (κ1) is 30.2. The molecule has 3 aromatic heterocycles. The minimum Gasteiger partial charge on any atom is -0.368 e. The number of anilines is 5. The number of carbonyl (C=O) groups excluding carboxylic acids is 2. The van der Waals surface area contributed by atoms with Gasteiger partial charge in [0.2, 0.25) is 11.9 Å². The fraction of sp³-hybridized carbons (Fsp3) is 0.147. The molecule has 236 valence electrons. The number of nitrogens with one attached hydrogen (secondary N) is 3. The third kappa shape index (κ3) is 6.60. The number of hydrogen-bond donors (Lipinski definition) is 3. The van der Waals surface area contributed by atoms with Crippen LogP contribution in [-0.2, 0) is 4.79 Å². The highest BCUT2D eigenvalue weighted by molar-refractivity contribution is 7.15. The standard InChI is InChI=1S/C34H30ClN9O2S/c1-22(45)42-15-17-43(18-16-42)26-11-9-24(10-12-26)37-32-36-14-13-29(39-32)31-30(41-34-44(31)19-20-47-34)23-5-4-6-25(21-23)38-33(46)40-28-8-3-2-7-27(28)35/h2-14,19-21H,15-18H2,1H3,(H,36,37,39)(H2,38,40,46). The van der Waals surface area contributed by atoms with Crippen LogP contribution in [0, 0.1) is 0 Å². The Morgan fingerprint density at radius 1 is 0.872 bits per heavy atom. The monoisotopic (exact) mass is 663 g/mol. The number of imidazole rings is 1. The lowest BCUT2D eigenvalue weighted by Gasteiger charge is -2.35. The molecule has 1 saturated heterocycles. The second-order valence-corrected chi connectivity index (χ2v) is 12.2. The first-order valence-electron chi connectivity index (χ1n) is 15.0. The summed E-state index contributed by atoms with van der Waals surface area (Å²) in [4.78, 5) is 43.7. The van der Waals surface area contributed by atoms with Gasteiger partial charge >= 0.3 is 6.03 Å². The quantitative estimate of drug-likeness (QED) is 0.165. The van der Waals surface area contributed by atoms with Gasteiger partial charge in [-0.3, -0.25) is 9.20 Å². The van der Waals surface area contributed by atoms with Gasteiger partial charge in [-0.15, -0.1) is 11.3 Å². The van der Waals surface area contributed by atoms with Gasteiger partial charge in [0.05, 0.1) is 22.1 Å². The number of nitrogens with zero attached hydrogens (tertiary/aromatic N) is 6. The van der Waals surface area contributed by atoms with E-state index in [1.54, 1.807) is 37.4 Å². The van der Waals surface area contributed by atoms with Crippen LogP contribution in [0.2, 0.25) is 5.02 Å². The number of thiazole rings is 1. The summed E-state index contributed by atoms with van der Waals surface area (Å²) in [5.41, 5.74) is 6.13. The van der Waals surface area contributed by atoms with Crippen molar-refractivity contribution in [1.82, 2.24) is 24.3 Å².